The normalized spacial score (nSPS) is 10.2. The first-order valence-electron chi connectivity index (χ1n) is 5.27. The molecule has 5 heteroatoms. The minimum Gasteiger partial charge on any atom is -0.320 e. The first kappa shape index (κ1) is 12.9. The van der Waals surface area contributed by atoms with E-state index in [1.165, 1.54) is 6.07 Å². The summed E-state index contributed by atoms with van der Waals surface area (Å²) in [6.45, 7) is 1.91. The van der Waals surface area contributed by atoms with Crippen LogP contribution in [0.2, 0.25) is 10.2 Å². The van der Waals surface area contributed by atoms with Crippen LogP contribution in [-0.4, -0.2) is 10.9 Å². The number of halogens is 2. The van der Waals surface area contributed by atoms with Crippen molar-refractivity contribution in [1.82, 2.24) is 4.98 Å². The molecule has 0 fully saturated rings. The molecule has 0 aliphatic rings. The number of carbonyl (C=O) groups is 1. The number of hydrogen-bond acceptors (Lipinski definition) is 2. The topological polar surface area (TPSA) is 42.0 Å². The van der Waals surface area contributed by atoms with Crippen molar-refractivity contribution in [3.63, 3.8) is 0 Å². The fourth-order valence-electron chi connectivity index (χ4n) is 1.47. The molecule has 1 amide bonds. The number of anilines is 1. The molecular weight excluding hydrogens is 271 g/mol. The SMILES string of the molecule is Cc1ccccc1NC(=O)c1nc(Cl)ccc1Cl. The van der Waals surface area contributed by atoms with Crippen molar-refractivity contribution in [1.29, 1.82) is 0 Å². The lowest BCUT2D eigenvalue weighted by Gasteiger charge is -2.08. The summed E-state index contributed by atoms with van der Waals surface area (Å²) < 4.78 is 0. The lowest BCUT2D eigenvalue weighted by Crippen LogP contribution is -2.15. The molecule has 1 heterocycles. The number of aromatic nitrogens is 1. The number of benzene rings is 1. The first-order chi connectivity index (χ1) is 8.58. The van der Waals surface area contributed by atoms with Crippen molar-refractivity contribution in [3.05, 3.63) is 57.8 Å². The first-order valence-corrected chi connectivity index (χ1v) is 6.02. The molecule has 92 valence electrons. The van der Waals surface area contributed by atoms with Crippen molar-refractivity contribution < 1.29 is 4.79 Å². The van der Waals surface area contributed by atoms with Crippen LogP contribution >= 0.6 is 23.2 Å². The zero-order valence-electron chi connectivity index (χ0n) is 9.58. The molecule has 0 unspecified atom stereocenters. The summed E-state index contributed by atoms with van der Waals surface area (Å²) in [5.41, 5.74) is 1.80. The number of para-hydroxylation sites is 1. The van der Waals surface area contributed by atoms with Crippen LogP contribution in [-0.2, 0) is 0 Å². The average Bonchev–Trinajstić information content (AvgIpc) is 2.35. The number of carbonyl (C=O) groups excluding carboxylic acids is 1. The summed E-state index contributed by atoms with van der Waals surface area (Å²) in [5.74, 6) is -0.378. The lowest BCUT2D eigenvalue weighted by atomic mass is 10.2. The number of rotatable bonds is 2. The summed E-state index contributed by atoms with van der Waals surface area (Å²) in [4.78, 5) is 15.9. The van der Waals surface area contributed by atoms with Crippen molar-refractivity contribution in [3.8, 4) is 0 Å². The molecule has 0 saturated heterocycles. The Bertz CT molecular complexity index is 599. The van der Waals surface area contributed by atoms with Crippen LogP contribution in [0.5, 0.6) is 0 Å². The van der Waals surface area contributed by atoms with E-state index in [1.807, 2.05) is 31.2 Å². The largest absolute Gasteiger partial charge is 0.320 e. The molecule has 1 aromatic heterocycles. The number of aryl methyl sites for hydroxylation is 1. The molecule has 18 heavy (non-hydrogen) atoms. The molecular formula is C13H10Cl2N2O. The fraction of sp³-hybridized carbons (Fsp3) is 0.0769. The molecule has 1 N–H and O–H groups in total. The van der Waals surface area contributed by atoms with Gasteiger partial charge < -0.3 is 5.32 Å². The van der Waals surface area contributed by atoms with Gasteiger partial charge in [-0.25, -0.2) is 4.98 Å². The molecule has 0 spiro atoms. The van der Waals surface area contributed by atoms with Crippen LogP contribution in [0, 0.1) is 6.92 Å². The molecule has 0 aliphatic heterocycles. The second kappa shape index (κ2) is 5.38. The quantitative estimate of drug-likeness (QED) is 0.847. The number of nitrogens with one attached hydrogen (secondary N) is 1. The maximum atomic E-state index is 12.0. The second-order valence-electron chi connectivity index (χ2n) is 3.73. The van der Waals surface area contributed by atoms with E-state index < -0.39 is 0 Å². The molecule has 0 bridgehead atoms. The van der Waals surface area contributed by atoms with Crippen molar-refractivity contribution >= 4 is 34.8 Å². The number of hydrogen-bond donors (Lipinski definition) is 1. The van der Waals surface area contributed by atoms with Gasteiger partial charge in [0.05, 0.1) is 5.02 Å². The number of nitrogens with zero attached hydrogens (tertiary/aromatic N) is 1. The fourth-order valence-corrected chi connectivity index (χ4v) is 1.81. The van der Waals surface area contributed by atoms with Crippen LogP contribution in [0.4, 0.5) is 5.69 Å². The Hall–Kier alpha value is -1.58. The highest BCUT2D eigenvalue weighted by Gasteiger charge is 2.13. The molecule has 0 saturated carbocycles. The molecule has 2 rings (SSSR count). The summed E-state index contributed by atoms with van der Waals surface area (Å²) in [5, 5.41) is 3.25. The van der Waals surface area contributed by atoms with E-state index in [0.29, 0.717) is 0 Å². The van der Waals surface area contributed by atoms with E-state index in [4.69, 9.17) is 23.2 Å². The zero-order chi connectivity index (χ0) is 13.1. The molecule has 1 aromatic carbocycles. The van der Waals surface area contributed by atoms with E-state index >= 15 is 0 Å². The van der Waals surface area contributed by atoms with Gasteiger partial charge in [0, 0.05) is 5.69 Å². The summed E-state index contributed by atoms with van der Waals surface area (Å²) in [6, 6.07) is 10.5. The maximum absolute atomic E-state index is 12.0. The molecule has 2 aromatic rings. The van der Waals surface area contributed by atoms with E-state index in [0.717, 1.165) is 11.3 Å². The minimum absolute atomic E-state index is 0.118. The van der Waals surface area contributed by atoms with Gasteiger partial charge in [0.25, 0.3) is 5.91 Å². The number of amides is 1. The zero-order valence-corrected chi connectivity index (χ0v) is 11.1. The van der Waals surface area contributed by atoms with Crippen LogP contribution in [0.15, 0.2) is 36.4 Å². The molecule has 3 nitrogen and oxygen atoms in total. The van der Waals surface area contributed by atoms with Gasteiger partial charge >= 0.3 is 0 Å². The van der Waals surface area contributed by atoms with E-state index in [9.17, 15) is 4.79 Å². The summed E-state index contributed by atoms with van der Waals surface area (Å²) >= 11 is 11.7. The van der Waals surface area contributed by atoms with E-state index in [-0.39, 0.29) is 21.8 Å². The Labute approximate surface area is 115 Å². The summed E-state index contributed by atoms with van der Waals surface area (Å²) in [6.07, 6.45) is 0. The van der Waals surface area contributed by atoms with Crippen LogP contribution in [0.1, 0.15) is 16.1 Å². The van der Waals surface area contributed by atoms with Crippen LogP contribution < -0.4 is 5.32 Å². The van der Waals surface area contributed by atoms with Gasteiger partial charge in [-0.3, -0.25) is 4.79 Å². The highest BCUT2D eigenvalue weighted by molar-refractivity contribution is 6.35. The molecule has 0 aliphatic carbocycles. The third kappa shape index (κ3) is 2.81. The van der Waals surface area contributed by atoms with Gasteiger partial charge in [-0.2, -0.15) is 0 Å². The van der Waals surface area contributed by atoms with Gasteiger partial charge in [-0.05, 0) is 30.7 Å². The predicted octanol–water partition coefficient (Wildman–Crippen LogP) is 3.95. The Balaban J connectivity index is 2.28. The molecule has 0 atom stereocenters. The third-order valence-electron chi connectivity index (χ3n) is 2.42. The third-order valence-corrected chi connectivity index (χ3v) is 2.94. The molecule has 0 radical (unpaired) electrons. The maximum Gasteiger partial charge on any atom is 0.275 e. The lowest BCUT2D eigenvalue weighted by molar-refractivity contribution is 0.102. The second-order valence-corrected chi connectivity index (χ2v) is 4.53. The minimum atomic E-state index is -0.378. The van der Waals surface area contributed by atoms with Crippen molar-refractivity contribution in [2.24, 2.45) is 0 Å². The number of pyridine rings is 1. The van der Waals surface area contributed by atoms with E-state index in [2.05, 4.69) is 10.3 Å². The van der Waals surface area contributed by atoms with Gasteiger partial charge in [0.1, 0.15) is 10.8 Å². The smallest absolute Gasteiger partial charge is 0.275 e. The highest BCUT2D eigenvalue weighted by atomic mass is 35.5. The van der Waals surface area contributed by atoms with Crippen molar-refractivity contribution in [2.45, 2.75) is 6.92 Å². The van der Waals surface area contributed by atoms with Gasteiger partial charge in [0.15, 0.2) is 0 Å². The van der Waals surface area contributed by atoms with Crippen LogP contribution in [0.3, 0.4) is 0 Å². The summed E-state index contributed by atoms with van der Waals surface area (Å²) in [7, 11) is 0. The van der Waals surface area contributed by atoms with Gasteiger partial charge in [0.2, 0.25) is 0 Å². The van der Waals surface area contributed by atoms with Gasteiger partial charge in [-0.15, -0.1) is 0 Å². The Morgan fingerprint density at radius 3 is 2.61 bits per heavy atom. The Kier molecular flexibility index (Phi) is 3.84. The monoisotopic (exact) mass is 280 g/mol. The predicted molar refractivity (Wildman–Crippen MR) is 73.4 cm³/mol. The highest BCUT2D eigenvalue weighted by Crippen LogP contribution is 2.19. The van der Waals surface area contributed by atoms with E-state index in [1.54, 1.807) is 6.07 Å². The van der Waals surface area contributed by atoms with Gasteiger partial charge in [-0.1, -0.05) is 41.4 Å². The van der Waals surface area contributed by atoms with Crippen molar-refractivity contribution in [2.75, 3.05) is 5.32 Å². The Morgan fingerprint density at radius 1 is 1.17 bits per heavy atom. The van der Waals surface area contributed by atoms with Crippen LogP contribution in [0.25, 0.3) is 0 Å². The Morgan fingerprint density at radius 2 is 1.89 bits per heavy atom. The average molecular weight is 281 g/mol. The standard InChI is InChI=1S/C13H10Cl2N2O/c1-8-4-2-3-5-10(8)16-13(18)12-9(14)6-7-11(15)17-12/h2-7H,1H3,(H,16,18).